The number of carbonyl (C=O) groups is 2. The number of carbonyl (C=O) groups excluding carboxylic acids is 2. The van der Waals surface area contributed by atoms with Crippen molar-refractivity contribution in [1.82, 2.24) is 10.6 Å². The summed E-state index contributed by atoms with van der Waals surface area (Å²) in [6.45, 7) is 1.91. The molecule has 1 aliphatic carbocycles. The molecule has 6 nitrogen and oxygen atoms in total. The number of amides is 3. The van der Waals surface area contributed by atoms with E-state index in [9.17, 15) is 9.59 Å². The van der Waals surface area contributed by atoms with Crippen molar-refractivity contribution in [3.05, 3.63) is 41.5 Å². The molecule has 1 aliphatic heterocycles. The highest BCUT2D eigenvalue weighted by Crippen LogP contribution is 2.16. The highest BCUT2D eigenvalue weighted by atomic mass is 16.5. The zero-order valence-electron chi connectivity index (χ0n) is 15.1. The van der Waals surface area contributed by atoms with Gasteiger partial charge in [-0.2, -0.15) is 0 Å². The Labute approximate surface area is 154 Å². The number of ether oxygens (including phenoxy) is 1. The Kier molecular flexibility index (Phi) is 6.66. The fourth-order valence-corrected chi connectivity index (χ4v) is 3.25. The van der Waals surface area contributed by atoms with E-state index in [2.05, 4.69) is 22.0 Å². The maximum atomic E-state index is 12.1. The molecular formula is C20H27N3O3. The molecule has 0 saturated carbocycles. The molecule has 0 radical (unpaired) electrons. The van der Waals surface area contributed by atoms with Gasteiger partial charge in [0.25, 0.3) is 5.91 Å². The molecule has 2 aliphatic rings. The van der Waals surface area contributed by atoms with Crippen LogP contribution in [0.15, 0.2) is 35.9 Å². The number of nitrogens with one attached hydrogen (secondary N) is 3. The molecule has 140 valence electrons. The van der Waals surface area contributed by atoms with Crippen molar-refractivity contribution in [3.63, 3.8) is 0 Å². The smallest absolute Gasteiger partial charge is 0.319 e. The lowest BCUT2D eigenvalue weighted by molar-refractivity contribution is 0.0858. The Morgan fingerprint density at radius 1 is 1.08 bits per heavy atom. The van der Waals surface area contributed by atoms with E-state index in [-0.39, 0.29) is 18.0 Å². The third-order valence-electron chi connectivity index (χ3n) is 4.78. The third kappa shape index (κ3) is 5.59. The van der Waals surface area contributed by atoms with Crippen molar-refractivity contribution in [1.29, 1.82) is 0 Å². The predicted molar refractivity (Wildman–Crippen MR) is 101 cm³/mol. The van der Waals surface area contributed by atoms with Gasteiger partial charge in [0.2, 0.25) is 0 Å². The fourth-order valence-electron chi connectivity index (χ4n) is 3.25. The van der Waals surface area contributed by atoms with Gasteiger partial charge in [0.15, 0.2) is 0 Å². The first-order valence-electron chi connectivity index (χ1n) is 9.43. The summed E-state index contributed by atoms with van der Waals surface area (Å²) in [5, 5.41) is 8.56. The monoisotopic (exact) mass is 357 g/mol. The van der Waals surface area contributed by atoms with Crippen LogP contribution in [0.4, 0.5) is 10.5 Å². The van der Waals surface area contributed by atoms with Crippen molar-refractivity contribution >= 4 is 17.6 Å². The van der Waals surface area contributed by atoms with Gasteiger partial charge in [-0.15, -0.1) is 0 Å². The average Bonchev–Trinajstić information content (AvgIpc) is 3.19. The minimum absolute atomic E-state index is 0.124. The van der Waals surface area contributed by atoms with Crippen LogP contribution < -0.4 is 16.0 Å². The molecule has 1 atom stereocenters. The zero-order chi connectivity index (χ0) is 18.2. The molecule has 6 heteroatoms. The second-order valence-electron chi connectivity index (χ2n) is 6.84. The van der Waals surface area contributed by atoms with Crippen LogP contribution in [-0.2, 0) is 4.74 Å². The summed E-state index contributed by atoms with van der Waals surface area (Å²) in [5.41, 5.74) is 2.53. The van der Waals surface area contributed by atoms with Crippen LogP contribution in [0.5, 0.6) is 0 Å². The second-order valence-corrected chi connectivity index (χ2v) is 6.84. The van der Waals surface area contributed by atoms with Crippen molar-refractivity contribution in [2.75, 3.05) is 25.0 Å². The van der Waals surface area contributed by atoms with E-state index in [0.717, 1.165) is 32.3 Å². The lowest BCUT2D eigenvalue weighted by Crippen LogP contribution is -2.32. The third-order valence-corrected chi connectivity index (χ3v) is 4.78. The van der Waals surface area contributed by atoms with Crippen LogP contribution in [0.2, 0.25) is 0 Å². The van der Waals surface area contributed by atoms with E-state index >= 15 is 0 Å². The van der Waals surface area contributed by atoms with Crippen LogP contribution in [-0.4, -0.2) is 37.7 Å². The van der Waals surface area contributed by atoms with Crippen molar-refractivity contribution in [3.8, 4) is 0 Å². The van der Waals surface area contributed by atoms with E-state index < -0.39 is 0 Å². The molecule has 0 unspecified atom stereocenters. The van der Waals surface area contributed by atoms with Crippen molar-refractivity contribution < 1.29 is 14.3 Å². The van der Waals surface area contributed by atoms with Crippen LogP contribution in [0, 0.1) is 0 Å². The summed E-state index contributed by atoms with van der Waals surface area (Å²) in [7, 11) is 0. The molecule has 1 aromatic carbocycles. The normalized spacial score (nSPS) is 19.5. The van der Waals surface area contributed by atoms with E-state index in [1.807, 2.05) is 0 Å². The Morgan fingerprint density at radius 2 is 1.92 bits per heavy atom. The number of hydrogen-bond donors (Lipinski definition) is 3. The van der Waals surface area contributed by atoms with E-state index in [4.69, 9.17) is 4.74 Å². The van der Waals surface area contributed by atoms with Gasteiger partial charge in [0, 0.05) is 30.9 Å². The molecule has 1 saturated heterocycles. The highest BCUT2D eigenvalue weighted by Gasteiger charge is 2.16. The summed E-state index contributed by atoms with van der Waals surface area (Å²) >= 11 is 0. The van der Waals surface area contributed by atoms with E-state index in [1.54, 1.807) is 24.3 Å². The molecule has 3 rings (SSSR count). The summed E-state index contributed by atoms with van der Waals surface area (Å²) in [6, 6.07) is 6.67. The first-order chi connectivity index (χ1) is 12.7. The molecule has 26 heavy (non-hydrogen) atoms. The lowest BCUT2D eigenvalue weighted by Gasteiger charge is -2.14. The molecule has 1 heterocycles. The summed E-state index contributed by atoms with van der Waals surface area (Å²) in [5.74, 6) is -0.124. The first-order valence-corrected chi connectivity index (χ1v) is 9.43. The molecule has 0 spiro atoms. The molecule has 0 bridgehead atoms. The largest absolute Gasteiger partial charge is 0.376 e. The van der Waals surface area contributed by atoms with Crippen LogP contribution in [0.25, 0.3) is 0 Å². The molecule has 1 aromatic rings. The summed E-state index contributed by atoms with van der Waals surface area (Å²) < 4.78 is 5.50. The average molecular weight is 357 g/mol. The van der Waals surface area contributed by atoms with Gasteiger partial charge in [-0.25, -0.2) is 4.79 Å². The van der Waals surface area contributed by atoms with E-state index in [1.165, 1.54) is 18.4 Å². The second kappa shape index (κ2) is 9.38. The number of anilines is 1. The fraction of sp³-hybridized carbons (Fsp3) is 0.500. The van der Waals surface area contributed by atoms with Crippen molar-refractivity contribution in [2.45, 2.75) is 44.6 Å². The summed E-state index contributed by atoms with van der Waals surface area (Å²) in [6.07, 6.45) is 9.01. The highest BCUT2D eigenvalue weighted by molar-refractivity contribution is 5.95. The van der Waals surface area contributed by atoms with Crippen molar-refractivity contribution in [2.24, 2.45) is 0 Å². The van der Waals surface area contributed by atoms with Gasteiger partial charge in [-0.1, -0.05) is 11.6 Å². The number of urea groups is 1. The maximum Gasteiger partial charge on any atom is 0.319 e. The van der Waals surface area contributed by atoms with Gasteiger partial charge in [0.05, 0.1) is 6.10 Å². The molecule has 0 aromatic heterocycles. The lowest BCUT2D eigenvalue weighted by atomic mass is 10.00. The minimum Gasteiger partial charge on any atom is -0.376 e. The Hall–Kier alpha value is -2.34. The predicted octanol–water partition coefficient (Wildman–Crippen LogP) is 3.22. The quantitative estimate of drug-likeness (QED) is 0.684. The molecule has 1 fully saturated rings. The topological polar surface area (TPSA) is 79.5 Å². The van der Waals surface area contributed by atoms with Gasteiger partial charge < -0.3 is 20.7 Å². The zero-order valence-corrected chi connectivity index (χ0v) is 15.1. The summed E-state index contributed by atoms with van der Waals surface area (Å²) in [4.78, 5) is 24.1. The molecular weight excluding hydrogens is 330 g/mol. The van der Waals surface area contributed by atoms with Gasteiger partial charge in [0.1, 0.15) is 0 Å². The Balaban J connectivity index is 1.42. The van der Waals surface area contributed by atoms with Gasteiger partial charge in [-0.05, 0) is 62.8 Å². The van der Waals surface area contributed by atoms with Gasteiger partial charge >= 0.3 is 6.03 Å². The number of rotatable bonds is 6. The Bertz CT molecular complexity index is 649. The maximum absolute atomic E-state index is 12.1. The Morgan fingerprint density at radius 3 is 2.62 bits per heavy atom. The standard InChI is InChI=1S/C20H27N3O3/c24-19(21-14-18-7-4-12-26-18)16-8-10-17(11-9-16)23-20(25)22-13-15-5-2-1-3-6-15/h5,8-11,18H,1-4,6-7,12-14H2,(H,21,24)(H2,22,23,25)/t18-/m1/s1. The van der Waals surface area contributed by atoms with Crippen LogP contribution in [0.1, 0.15) is 48.9 Å². The number of hydrogen-bond acceptors (Lipinski definition) is 3. The first kappa shape index (κ1) is 18.5. The van der Waals surface area contributed by atoms with E-state index in [0.29, 0.717) is 24.3 Å². The molecule has 3 N–H and O–H groups in total. The minimum atomic E-state index is -0.230. The van der Waals surface area contributed by atoms with Crippen LogP contribution in [0.3, 0.4) is 0 Å². The molecule has 3 amide bonds. The SMILES string of the molecule is O=C(NCC1=CCCCC1)Nc1ccc(C(=O)NC[C@H]2CCCO2)cc1. The number of benzene rings is 1. The van der Waals surface area contributed by atoms with Gasteiger partial charge in [-0.3, -0.25) is 4.79 Å². The number of allylic oxidation sites excluding steroid dienone is 1. The van der Waals surface area contributed by atoms with Crippen LogP contribution >= 0.6 is 0 Å².